The summed E-state index contributed by atoms with van der Waals surface area (Å²) in [6.45, 7) is 2.81. The summed E-state index contributed by atoms with van der Waals surface area (Å²) in [6, 6.07) is 1.79. The van der Waals surface area contributed by atoms with Crippen molar-refractivity contribution in [1.29, 1.82) is 0 Å². The van der Waals surface area contributed by atoms with Gasteiger partial charge in [-0.25, -0.2) is 19.7 Å². The minimum Gasteiger partial charge on any atom is -0.475 e. The normalized spacial score (nSPS) is 11.3. The molecular formula is C18H25F3N6O3S. The highest BCUT2D eigenvalue weighted by Crippen LogP contribution is 2.22. The number of carboxylic acid groups (broad SMARTS) is 1. The Labute approximate surface area is 182 Å². The van der Waals surface area contributed by atoms with Crippen LogP contribution in [0.2, 0.25) is 0 Å². The van der Waals surface area contributed by atoms with Crippen LogP contribution in [0.5, 0.6) is 0 Å². The third-order valence-corrected chi connectivity index (χ3v) is 4.63. The minimum absolute atomic E-state index is 0.102. The fraction of sp³-hybridized carbons (Fsp3) is 0.500. The molecule has 0 saturated heterocycles. The van der Waals surface area contributed by atoms with E-state index < -0.39 is 12.1 Å². The van der Waals surface area contributed by atoms with Crippen LogP contribution < -0.4 is 0 Å². The lowest BCUT2D eigenvalue weighted by molar-refractivity contribution is -0.192. The van der Waals surface area contributed by atoms with Gasteiger partial charge in [0.05, 0.1) is 6.54 Å². The Bertz CT molecular complexity index is 830. The Kier molecular flexibility index (Phi) is 10.4. The topological polar surface area (TPSA) is 103 Å². The van der Waals surface area contributed by atoms with Gasteiger partial charge in [-0.1, -0.05) is 0 Å². The minimum atomic E-state index is -5.08. The third kappa shape index (κ3) is 10.3. The number of carbonyl (C=O) groups excluding carboxylic acids is 1. The second-order valence-corrected chi connectivity index (χ2v) is 7.92. The van der Waals surface area contributed by atoms with Crippen LogP contribution in [0.15, 0.2) is 24.7 Å². The monoisotopic (exact) mass is 462 g/mol. The summed E-state index contributed by atoms with van der Waals surface area (Å²) in [6.07, 6.45) is 0.185. The molecule has 0 aliphatic heterocycles. The Balaban J connectivity index is 0.000000592. The Morgan fingerprint density at radius 2 is 1.65 bits per heavy atom. The molecule has 0 unspecified atom stereocenters. The molecule has 0 atom stereocenters. The van der Waals surface area contributed by atoms with Crippen LogP contribution in [0, 0.1) is 0 Å². The van der Waals surface area contributed by atoms with E-state index in [0.29, 0.717) is 18.9 Å². The van der Waals surface area contributed by atoms with Crippen molar-refractivity contribution in [3.05, 3.63) is 29.5 Å². The van der Waals surface area contributed by atoms with Gasteiger partial charge < -0.3 is 14.9 Å². The molecule has 172 valence electrons. The first-order valence-electron chi connectivity index (χ1n) is 8.99. The van der Waals surface area contributed by atoms with Crippen LogP contribution >= 0.6 is 11.3 Å². The molecule has 9 nitrogen and oxygen atoms in total. The molecule has 0 aliphatic carbocycles. The van der Waals surface area contributed by atoms with Gasteiger partial charge in [0.2, 0.25) is 5.91 Å². The van der Waals surface area contributed by atoms with Crippen molar-refractivity contribution in [3.63, 3.8) is 0 Å². The molecule has 1 amide bonds. The summed E-state index contributed by atoms with van der Waals surface area (Å²) in [5.41, 5.74) is 0. The Morgan fingerprint density at radius 3 is 2.13 bits per heavy atom. The van der Waals surface area contributed by atoms with E-state index in [-0.39, 0.29) is 5.91 Å². The van der Waals surface area contributed by atoms with Gasteiger partial charge in [-0.15, -0.1) is 11.3 Å². The zero-order valence-corrected chi connectivity index (χ0v) is 18.4. The molecule has 31 heavy (non-hydrogen) atoms. The number of hydrogen-bond donors (Lipinski definition) is 1. The van der Waals surface area contributed by atoms with Crippen molar-refractivity contribution >= 4 is 23.2 Å². The average Bonchev–Trinajstić information content (AvgIpc) is 3.15. The van der Waals surface area contributed by atoms with Crippen LogP contribution in [-0.4, -0.2) is 101 Å². The van der Waals surface area contributed by atoms with E-state index in [1.807, 2.05) is 20.3 Å². The zero-order valence-electron chi connectivity index (χ0n) is 17.6. The molecule has 1 N–H and O–H groups in total. The molecule has 2 rings (SSSR count). The lowest BCUT2D eigenvalue weighted by atomic mass is 10.4. The molecule has 0 aliphatic rings. The second-order valence-electron chi connectivity index (χ2n) is 6.81. The van der Waals surface area contributed by atoms with Gasteiger partial charge in [0.1, 0.15) is 0 Å². The number of carbonyl (C=O) groups is 2. The molecular weight excluding hydrogens is 437 g/mol. The van der Waals surface area contributed by atoms with E-state index in [2.05, 4.69) is 24.8 Å². The van der Waals surface area contributed by atoms with Gasteiger partial charge in [0, 0.05) is 57.2 Å². The van der Waals surface area contributed by atoms with Crippen LogP contribution in [0.3, 0.4) is 0 Å². The number of amides is 1. The van der Waals surface area contributed by atoms with Crippen molar-refractivity contribution in [1.82, 2.24) is 29.7 Å². The molecule has 0 spiro atoms. The third-order valence-electron chi connectivity index (χ3n) is 3.65. The highest BCUT2D eigenvalue weighted by molar-refractivity contribution is 7.14. The number of aromatic nitrogens is 3. The van der Waals surface area contributed by atoms with Gasteiger partial charge in [-0.3, -0.25) is 9.69 Å². The summed E-state index contributed by atoms with van der Waals surface area (Å²) in [7, 11) is 7.63. The van der Waals surface area contributed by atoms with Gasteiger partial charge in [-0.2, -0.15) is 13.2 Å². The average molecular weight is 462 g/mol. The van der Waals surface area contributed by atoms with Crippen molar-refractivity contribution in [2.24, 2.45) is 0 Å². The smallest absolute Gasteiger partial charge is 0.475 e. The van der Waals surface area contributed by atoms with E-state index in [1.165, 1.54) is 0 Å². The first kappa shape index (κ1) is 26.4. The maximum absolute atomic E-state index is 12.1. The summed E-state index contributed by atoms with van der Waals surface area (Å²) >= 11 is 1.57. The highest BCUT2D eigenvalue weighted by atomic mass is 32.1. The molecule has 0 radical (unpaired) electrons. The van der Waals surface area contributed by atoms with Gasteiger partial charge in [0.15, 0.2) is 10.8 Å². The van der Waals surface area contributed by atoms with E-state index in [1.54, 1.807) is 48.8 Å². The van der Waals surface area contributed by atoms with Crippen molar-refractivity contribution < 1.29 is 27.9 Å². The van der Waals surface area contributed by atoms with Crippen LogP contribution in [0.1, 0.15) is 4.88 Å². The summed E-state index contributed by atoms with van der Waals surface area (Å²) in [5.74, 6) is -2.02. The lowest BCUT2D eigenvalue weighted by Gasteiger charge is -2.24. The summed E-state index contributed by atoms with van der Waals surface area (Å²) in [5, 5.41) is 7.93. The molecule has 0 bridgehead atoms. The molecule has 0 fully saturated rings. The van der Waals surface area contributed by atoms with Crippen LogP contribution in [-0.2, 0) is 16.1 Å². The number of nitrogens with zero attached hydrogens (tertiary/aromatic N) is 6. The highest BCUT2D eigenvalue weighted by Gasteiger charge is 2.38. The number of likely N-dealkylation sites (N-methyl/N-ethyl adjacent to an activating group) is 2. The van der Waals surface area contributed by atoms with E-state index in [9.17, 15) is 18.0 Å². The molecule has 0 saturated carbocycles. The van der Waals surface area contributed by atoms with Crippen LogP contribution in [0.25, 0.3) is 10.8 Å². The van der Waals surface area contributed by atoms with Gasteiger partial charge in [-0.05, 0) is 20.2 Å². The SMILES string of the molecule is CN(C)CCN(CC(=O)N(C)C)Cc1cnc(-c2ncccn2)s1.O=C(O)C(F)(F)F. The lowest BCUT2D eigenvalue weighted by Crippen LogP contribution is -2.39. The fourth-order valence-electron chi connectivity index (χ4n) is 2.00. The molecule has 2 aromatic rings. The number of hydrogen-bond acceptors (Lipinski definition) is 8. The quantitative estimate of drug-likeness (QED) is 0.632. The largest absolute Gasteiger partial charge is 0.490 e. The summed E-state index contributed by atoms with van der Waals surface area (Å²) in [4.78, 5) is 40.8. The number of rotatable bonds is 8. The predicted molar refractivity (Wildman–Crippen MR) is 109 cm³/mol. The first-order chi connectivity index (χ1) is 14.4. The summed E-state index contributed by atoms with van der Waals surface area (Å²) < 4.78 is 31.7. The zero-order chi connectivity index (χ0) is 23.6. The van der Waals surface area contributed by atoms with E-state index in [0.717, 1.165) is 23.0 Å². The van der Waals surface area contributed by atoms with Crippen molar-refractivity contribution in [3.8, 4) is 10.8 Å². The number of carboxylic acids is 1. The van der Waals surface area contributed by atoms with Crippen molar-refractivity contribution in [2.45, 2.75) is 12.7 Å². The number of halogens is 3. The number of alkyl halides is 3. The maximum atomic E-state index is 12.1. The number of thiazole rings is 1. The fourth-order valence-corrected chi connectivity index (χ4v) is 2.91. The Morgan fingerprint density at radius 1 is 1.06 bits per heavy atom. The maximum Gasteiger partial charge on any atom is 0.490 e. The first-order valence-corrected chi connectivity index (χ1v) is 9.81. The predicted octanol–water partition coefficient (Wildman–Crippen LogP) is 1.69. The van der Waals surface area contributed by atoms with Gasteiger partial charge in [0.25, 0.3) is 0 Å². The Hall–Kier alpha value is -2.64. The standard InChI is InChI=1S/C16H24N6OS.C2HF3O2/c1-20(2)8-9-22(12-14(23)21(3)4)11-13-10-19-16(24-13)15-17-6-5-7-18-15;3-2(4,5)1(6)7/h5-7,10H,8-9,11-12H2,1-4H3;(H,6,7). The second kappa shape index (κ2) is 12.3. The molecule has 2 heterocycles. The number of aliphatic carboxylic acids is 1. The molecule has 13 heteroatoms. The molecule has 0 aromatic carbocycles. The van der Waals surface area contributed by atoms with Crippen molar-refractivity contribution in [2.75, 3.05) is 47.8 Å². The van der Waals surface area contributed by atoms with E-state index in [4.69, 9.17) is 9.90 Å². The van der Waals surface area contributed by atoms with Crippen LogP contribution in [0.4, 0.5) is 13.2 Å². The van der Waals surface area contributed by atoms with E-state index >= 15 is 0 Å². The van der Waals surface area contributed by atoms with Gasteiger partial charge >= 0.3 is 12.1 Å². The molecule has 2 aromatic heterocycles.